The van der Waals surface area contributed by atoms with E-state index in [1.54, 1.807) is 0 Å². The first kappa shape index (κ1) is 8.46. The summed E-state index contributed by atoms with van der Waals surface area (Å²) in [4.78, 5) is 0. The van der Waals surface area contributed by atoms with Gasteiger partial charge in [0, 0.05) is 17.5 Å². The van der Waals surface area contributed by atoms with E-state index in [0.717, 1.165) is 0 Å². The van der Waals surface area contributed by atoms with E-state index in [0.29, 0.717) is 10.9 Å². The summed E-state index contributed by atoms with van der Waals surface area (Å²) in [7, 11) is 0. The lowest BCUT2D eigenvalue weighted by Gasteiger charge is -1.92. The largest absolute Gasteiger partial charge is 0.501 e. The fourth-order valence-electron chi connectivity index (χ4n) is 0.201. The summed E-state index contributed by atoms with van der Waals surface area (Å²) in [6, 6.07) is 0. The van der Waals surface area contributed by atoms with Crippen molar-refractivity contribution in [3.8, 4) is 0 Å². The van der Waals surface area contributed by atoms with Crippen molar-refractivity contribution >= 4 is 31.9 Å². The maximum Gasteiger partial charge on any atom is 0.169 e. The van der Waals surface area contributed by atoms with E-state index in [1.165, 1.54) is 0 Å². The zero-order valence-electron chi connectivity index (χ0n) is 4.06. The van der Waals surface area contributed by atoms with Gasteiger partial charge in [0.25, 0.3) is 0 Å². The van der Waals surface area contributed by atoms with E-state index in [2.05, 4.69) is 31.9 Å². The molecule has 0 saturated heterocycles. The molecule has 0 aliphatic heterocycles. The van der Waals surface area contributed by atoms with Crippen LogP contribution in [-0.4, -0.2) is 16.8 Å². The number of hydrogen-bond acceptors (Lipinski definition) is 2. The zero-order valence-corrected chi connectivity index (χ0v) is 7.24. The topological polar surface area (TPSA) is 40.5 Å². The molecule has 0 spiro atoms. The van der Waals surface area contributed by atoms with Gasteiger partial charge in [-0.1, -0.05) is 15.9 Å². The molecule has 0 aromatic rings. The van der Waals surface area contributed by atoms with Crippen molar-refractivity contribution in [1.29, 1.82) is 0 Å². The van der Waals surface area contributed by atoms with E-state index in [9.17, 15) is 0 Å². The molecule has 0 unspecified atom stereocenters. The molecule has 0 atom stereocenters. The van der Waals surface area contributed by atoms with Gasteiger partial charge in [0.2, 0.25) is 0 Å². The van der Waals surface area contributed by atoms with Crippen molar-refractivity contribution in [2.45, 2.75) is 6.42 Å². The molecule has 4 heteroatoms. The predicted octanol–water partition coefficient (Wildman–Crippen LogP) is 1.89. The highest BCUT2D eigenvalue weighted by Gasteiger charge is 1.94. The molecule has 0 bridgehead atoms. The van der Waals surface area contributed by atoms with E-state index in [-0.39, 0.29) is 11.3 Å². The summed E-state index contributed by atoms with van der Waals surface area (Å²) >= 11 is 5.84. The SMILES string of the molecule is OCCC(Br)=C(O)Br. The summed E-state index contributed by atoms with van der Waals surface area (Å²) in [5.41, 5.74) is 0. The fraction of sp³-hybridized carbons (Fsp3) is 0.500. The fourth-order valence-corrected chi connectivity index (χ4v) is 0.577. The average molecular weight is 246 g/mol. The molecule has 2 nitrogen and oxygen atoms in total. The van der Waals surface area contributed by atoms with Gasteiger partial charge in [0.05, 0.1) is 0 Å². The van der Waals surface area contributed by atoms with Crippen molar-refractivity contribution in [3.05, 3.63) is 9.15 Å². The van der Waals surface area contributed by atoms with Gasteiger partial charge < -0.3 is 10.2 Å². The molecular formula is C4H6Br2O2. The number of aliphatic hydroxyl groups excluding tert-OH is 2. The van der Waals surface area contributed by atoms with Gasteiger partial charge >= 0.3 is 0 Å². The van der Waals surface area contributed by atoms with Gasteiger partial charge in [0.15, 0.2) is 4.67 Å². The highest BCUT2D eigenvalue weighted by atomic mass is 79.9. The lowest BCUT2D eigenvalue weighted by molar-refractivity contribution is 0.300. The van der Waals surface area contributed by atoms with Crippen LogP contribution in [0.15, 0.2) is 9.15 Å². The van der Waals surface area contributed by atoms with E-state index in [4.69, 9.17) is 10.2 Å². The monoisotopic (exact) mass is 244 g/mol. The van der Waals surface area contributed by atoms with Crippen LogP contribution in [-0.2, 0) is 0 Å². The summed E-state index contributed by atoms with van der Waals surface area (Å²) < 4.78 is 0.631. The molecule has 0 rings (SSSR count). The minimum Gasteiger partial charge on any atom is -0.501 e. The lowest BCUT2D eigenvalue weighted by Crippen LogP contribution is -1.82. The van der Waals surface area contributed by atoms with Crippen LogP contribution in [0.3, 0.4) is 0 Å². The molecule has 0 aromatic heterocycles. The van der Waals surface area contributed by atoms with Crippen LogP contribution in [0.25, 0.3) is 0 Å². The first-order valence-corrected chi connectivity index (χ1v) is 3.61. The Balaban J connectivity index is 3.62. The van der Waals surface area contributed by atoms with Gasteiger partial charge in [0.1, 0.15) is 0 Å². The maximum atomic E-state index is 8.59. The summed E-state index contributed by atoms with van der Waals surface area (Å²) in [5, 5.41) is 16.9. The smallest absolute Gasteiger partial charge is 0.169 e. The van der Waals surface area contributed by atoms with Crippen molar-refractivity contribution in [3.63, 3.8) is 0 Å². The summed E-state index contributed by atoms with van der Waals surface area (Å²) in [6.07, 6.45) is 0.442. The van der Waals surface area contributed by atoms with Crippen molar-refractivity contribution < 1.29 is 10.2 Å². The van der Waals surface area contributed by atoms with Crippen molar-refractivity contribution in [1.82, 2.24) is 0 Å². The molecule has 0 saturated carbocycles. The normalized spacial score (nSPS) is 13.4. The molecule has 0 radical (unpaired) electrons. The Hall–Kier alpha value is 0.460. The van der Waals surface area contributed by atoms with E-state index in [1.807, 2.05) is 0 Å². The van der Waals surface area contributed by atoms with Gasteiger partial charge in [-0.05, 0) is 15.9 Å². The van der Waals surface area contributed by atoms with E-state index < -0.39 is 0 Å². The Labute approximate surface area is 64.5 Å². The second-order valence-electron chi connectivity index (χ2n) is 1.17. The third-order valence-corrected chi connectivity index (χ3v) is 2.34. The number of aliphatic hydroxyl groups is 2. The molecular weight excluding hydrogens is 240 g/mol. The number of rotatable bonds is 2. The predicted molar refractivity (Wildman–Crippen MR) is 39.2 cm³/mol. The number of halogens is 2. The summed E-state index contributed by atoms with van der Waals surface area (Å²) in [5.74, 6) is 0. The molecule has 0 fully saturated rings. The molecule has 0 aromatic carbocycles. The van der Waals surface area contributed by atoms with Crippen LogP contribution in [0.5, 0.6) is 0 Å². The van der Waals surface area contributed by atoms with Crippen LogP contribution in [0, 0.1) is 0 Å². The highest BCUT2D eigenvalue weighted by Crippen LogP contribution is 2.17. The minimum absolute atomic E-state index is 0.0379. The molecule has 0 aliphatic carbocycles. The number of hydrogen-bond donors (Lipinski definition) is 2. The Kier molecular flexibility index (Phi) is 4.60. The Bertz CT molecular complexity index is 96.2. The average Bonchev–Trinajstić information content (AvgIpc) is 1.67. The molecule has 2 N–H and O–H groups in total. The maximum absolute atomic E-state index is 8.59. The van der Waals surface area contributed by atoms with Gasteiger partial charge in [-0.3, -0.25) is 0 Å². The van der Waals surface area contributed by atoms with Crippen molar-refractivity contribution in [2.24, 2.45) is 0 Å². The second kappa shape index (κ2) is 4.35. The molecule has 0 amide bonds. The Morgan fingerprint density at radius 1 is 1.38 bits per heavy atom. The highest BCUT2D eigenvalue weighted by molar-refractivity contribution is 9.14. The first-order valence-electron chi connectivity index (χ1n) is 2.02. The van der Waals surface area contributed by atoms with Crippen LogP contribution in [0.1, 0.15) is 6.42 Å². The van der Waals surface area contributed by atoms with Gasteiger partial charge in [-0.2, -0.15) is 0 Å². The minimum atomic E-state index is 0.0379. The second-order valence-corrected chi connectivity index (χ2v) is 2.88. The Morgan fingerprint density at radius 2 is 1.88 bits per heavy atom. The van der Waals surface area contributed by atoms with Crippen LogP contribution < -0.4 is 0 Å². The quantitative estimate of drug-likeness (QED) is 0.730. The third-order valence-electron chi connectivity index (χ3n) is 0.555. The van der Waals surface area contributed by atoms with Crippen LogP contribution >= 0.6 is 31.9 Å². The first-order chi connectivity index (χ1) is 3.68. The third kappa shape index (κ3) is 3.46. The van der Waals surface area contributed by atoms with E-state index >= 15 is 0 Å². The van der Waals surface area contributed by atoms with Crippen molar-refractivity contribution in [2.75, 3.05) is 6.61 Å². The Morgan fingerprint density at radius 3 is 2.00 bits per heavy atom. The van der Waals surface area contributed by atoms with Gasteiger partial charge in [-0.25, -0.2) is 0 Å². The summed E-state index contributed by atoms with van der Waals surface area (Å²) in [6.45, 7) is 0.0379. The van der Waals surface area contributed by atoms with Gasteiger partial charge in [-0.15, -0.1) is 0 Å². The van der Waals surface area contributed by atoms with Crippen LogP contribution in [0.4, 0.5) is 0 Å². The van der Waals surface area contributed by atoms with Crippen LogP contribution in [0.2, 0.25) is 0 Å². The standard InChI is InChI=1S/C4H6Br2O2/c5-3(1-2-7)4(6)8/h7-8H,1-2H2. The zero-order chi connectivity index (χ0) is 6.57. The lowest BCUT2D eigenvalue weighted by atomic mass is 10.4. The molecule has 0 heterocycles. The molecule has 48 valence electrons. The molecule has 0 aliphatic rings. The molecule has 8 heavy (non-hydrogen) atoms.